The van der Waals surface area contributed by atoms with Gasteiger partial charge in [0, 0.05) is 29.2 Å². The van der Waals surface area contributed by atoms with Crippen molar-refractivity contribution in [2.75, 3.05) is 13.1 Å². The third-order valence-corrected chi connectivity index (χ3v) is 5.32. The maximum absolute atomic E-state index is 12.6. The van der Waals surface area contributed by atoms with E-state index in [1.807, 2.05) is 4.90 Å². The molecule has 0 aromatic heterocycles. The minimum absolute atomic E-state index is 0.0485. The van der Waals surface area contributed by atoms with E-state index < -0.39 is 0 Å². The summed E-state index contributed by atoms with van der Waals surface area (Å²) < 4.78 is 0.748. The fourth-order valence-corrected chi connectivity index (χ4v) is 3.29. The summed E-state index contributed by atoms with van der Waals surface area (Å²) in [7, 11) is 0. The maximum Gasteiger partial charge on any atom is 0.254 e. The molecule has 0 radical (unpaired) electrons. The van der Waals surface area contributed by atoms with Crippen molar-refractivity contribution in [1.29, 1.82) is 0 Å². The number of halogens is 2. The first-order chi connectivity index (χ1) is 9.56. The highest BCUT2D eigenvalue weighted by atomic mass is 79.9. The van der Waals surface area contributed by atoms with Gasteiger partial charge in [0.05, 0.1) is 5.02 Å². The fourth-order valence-electron chi connectivity index (χ4n) is 2.79. The van der Waals surface area contributed by atoms with Crippen LogP contribution >= 0.6 is 27.5 Å². The van der Waals surface area contributed by atoms with Gasteiger partial charge in [-0.15, -0.1) is 0 Å². The summed E-state index contributed by atoms with van der Waals surface area (Å²) in [6.45, 7) is 3.52. The second-order valence-electron chi connectivity index (χ2n) is 5.32. The molecule has 1 saturated heterocycles. The third-order valence-electron chi connectivity index (χ3n) is 4.10. The van der Waals surface area contributed by atoms with Crippen LogP contribution in [0.1, 0.15) is 36.5 Å². The third kappa shape index (κ3) is 3.35. The number of likely N-dealkylation sites (tertiary alicyclic amines) is 1. The van der Waals surface area contributed by atoms with Gasteiger partial charge in [0.2, 0.25) is 0 Å². The molecule has 2 unspecified atom stereocenters. The zero-order valence-corrected chi connectivity index (χ0v) is 14.0. The molecule has 0 spiro atoms. The lowest BCUT2D eigenvalue weighted by Gasteiger charge is -2.39. The molecule has 2 atom stereocenters. The Morgan fingerprint density at radius 1 is 1.55 bits per heavy atom. The van der Waals surface area contributed by atoms with Crippen molar-refractivity contribution in [2.24, 2.45) is 11.7 Å². The Morgan fingerprint density at radius 2 is 2.30 bits per heavy atom. The van der Waals surface area contributed by atoms with Crippen LogP contribution in [0.4, 0.5) is 0 Å². The smallest absolute Gasteiger partial charge is 0.254 e. The minimum atomic E-state index is 0.0485. The summed E-state index contributed by atoms with van der Waals surface area (Å²) in [5, 5.41) is 0.613. The highest BCUT2D eigenvalue weighted by Gasteiger charge is 2.30. The first-order valence-electron chi connectivity index (χ1n) is 7.02. The molecule has 0 saturated carbocycles. The summed E-state index contributed by atoms with van der Waals surface area (Å²) in [6.07, 6.45) is 3.23. The van der Waals surface area contributed by atoms with E-state index in [4.69, 9.17) is 17.3 Å². The number of benzene rings is 1. The van der Waals surface area contributed by atoms with Crippen molar-refractivity contribution in [3.05, 3.63) is 33.3 Å². The SMILES string of the molecule is CCC1CCN(C(=O)c2ccc(Cl)c(Br)c2)C(CN)C1. The Bertz CT molecular complexity index is 495. The Balaban J connectivity index is 2.17. The standard InChI is InChI=1S/C15H20BrClN2O/c1-2-10-5-6-19(12(7-10)9-18)15(20)11-3-4-14(17)13(16)8-11/h3-4,8,10,12H,2,5-7,9,18H2,1H3. The van der Waals surface area contributed by atoms with Crippen molar-refractivity contribution in [3.8, 4) is 0 Å². The number of rotatable bonds is 3. The van der Waals surface area contributed by atoms with E-state index >= 15 is 0 Å². The Morgan fingerprint density at radius 3 is 2.90 bits per heavy atom. The van der Waals surface area contributed by atoms with Gasteiger partial charge in [0.25, 0.3) is 5.91 Å². The van der Waals surface area contributed by atoms with E-state index in [0.29, 0.717) is 23.0 Å². The first kappa shape index (κ1) is 15.8. The van der Waals surface area contributed by atoms with E-state index in [1.54, 1.807) is 18.2 Å². The van der Waals surface area contributed by atoms with Gasteiger partial charge in [-0.25, -0.2) is 0 Å². The predicted molar refractivity (Wildman–Crippen MR) is 86.0 cm³/mol. The van der Waals surface area contributed by atoms with Crippen LogP contribution in [0.3, 0.4) is 0 Å². The van der Waals surface area contributed by atoms with Gasteiger partial charge in [-0.3, -0.25) is 4.79 Å². The number of amides is 1. The molecule has 5 heteroatoms. The van der Waals surface area contributed by atoms with E-state index in [9.17, 15) is 4.79 Å². The molecule has 3 nitrogen and oxygen atoms in total. The lowest BCUT2D eigenvalue weighted by molar-refractivity contribution is 0.0558. The number of carbonyl (C=O) groups excluding carboxylic acids is 1. The van der Waals surface area contributed by atoms with Gasteiger partial charge in [-0.2, -0.15) is 0 Å². The van der Waals surface area contributed by atoms with Crippen LogP contribution in [-0.2, 0) is 0 Å². The molecule has 2 N–H and O–H groups in total. The number of piperidine rings is 1. The van der Waals surface area contributed by atoms with Crippen molar-refractivity contribution < 1.29 is 4.79 Å². The molecule has 0 bridgehead atoms. The molecule has 1 aromatic carbocycles. The van der Waals surface area contributed by atoms with E-state index in [-0.39, 0.29) is 11.9 Å². The average Bonchev–Trinajstić information content (AvgIpc) is 2.48. The first-order valence-corrected chi connectivity index (χ1v) is 8.20. The minimum Gasteiger partial charge on any atom is -0.334 e. The van der Waals surface area contributed by atoms with Gasteiger partial charge in [0.1, 0.15) is 0 Å². The Kier molecular flexibility index (Phi) is 5.47. The molecule has 1 aliphatic heterocycles. The number of carbonyl (C=O) groups is 1. The van der Waals surface area contributed by atoms with Crippen molar-refractivity contribution in [1.82, 2.24) is 4.90 Å². The highest BCUT2D eigenvalue weighted by Crippen LogP contribution is 2.28. The average molecular weight is 360 g/mol. The van der Waals surface area contributed by atoms with Crippen LogP contribution in [0.25, 0.3) is 0 Å². The normalized spacial score (nSPS) is 22.9. The summed E-state index contributed by atoms with van der Waals surface area (Å²) in [4.78, 5) is 14.6. The number of nitrogens with zero attached hydrogens (tertiary/aromatic N) is 1. The van der Waals surface area contributed by atoms with E-state index in [0.717, 1.165) is 30.3 Å². The second-order valence-corrected chi connectivity index (χ2v) is 6.58. The van der Waals surface area contributed by atoms with Crippen LogP contribution in [0.2, 0.25) is 5.02 Å². The fraction of sp³-hybridized carbons (Fsp3) is 0.533. The molecule has 0 aliphatic carbocycles. The van der Waals surface area contributed by atoms with Gasteiger partial charge in [-0.1, -0.05) is 24.9 Å². The molecule has 1 fully saturated rings. The number of hydrogen-bond donors (Lipinski definition) is 1. The molecule has 1 heterocycles. The van der Waals surface area contributed by atoms with Crippen LogP contribution in [0.15, 0.2) is 22.7 Å². The van der Waals surface area contributed by atoms with Crippen molar-refractivity contribution >= 4 is 33.4 Å². The Labute approximate surface area is 133 Å². The van der Waals surface area contributed by atoms with Crippen molar-refractivity contribution in [2.45, 2.75) is 32.2 Å². The summed E-state index contributed by atoms with van der Waals surface area (Å²) >= 11 is 9.34. The van der Waals surface area contributed by atoms with E-state index in [2.05, 4.69) is 22.9 Å². The molecular formula is C15H20BrClN2O. The van der Waals surface area contributed by atoms with E-state index in [1.165, 1.54) is 0 Å². The molecule has 2 rings (SSSR count). The van der Waals surface area contributed by atoms with Crippen LogP contribution in [0, 0.1) is 5.92 Å². The molecule has 1 aliphatic rings. The van der Waals surface area contributed by atoms with Crippen LogP contribution in [-0.4, -0.2) is 29.9 Å². The van der Waals surface area contributed by atoms with Gasteiger partial charge < -0.3 is 10.6 Å². The summed E-state index contributed by atoms with van der Waals surface area (Å²) in [6, 6.07) is 5.45. The second kappa shape index (κ2) is 6.92. The van der Waals surface area contributed by atoms with Crippen molar-refractivity contribution in [3.63, 3.8) is 0 Å². The molecule has 110 valence electrons. The zero-order chi connectivity index (χ0) is 14.7. The predicted octanol–water partition coefficient (Wildman–Crippen LogP) is 3.69. The molecule has 1 aromatic rings. The highest BCUT2D eigenvalue weighted by molar-refractivity contribution is 9.10. The quantitative estimate of drug-likeness (QED) is 0.894. The van der Waals surface area contributed by atoms with Gasteiger partial charge >= 0.3 is 0 Å². The number of nitrogens with two attached hydrogens (primary N) is 1. The summed E-state index contributed by atoms with van der Waals surface area (Å²) in [5.74, 6) is 0.733. The van der Waals surface area contributed by atoms with Crippen LogP contribution in [0.5, 0.6) is 0 Å². The lowest BCUT2D eigenvalue weighted by atomic mass is 9.88. The molecule has 1 amide bonds. The zero-order valence-electron chi connectivity index (χ0n) is 11.6. The monoisotopic (exact) mass is 358 g/mol. The lowest BCUT2D eigenvalue weighted by Crippen LogP contribution is -2.49. The largest absolute Gasteiger partial charge is 0.334 e. The maximum atomic E-state index is 12.6. The molecule has 20 heavy (non-hydrogen) atoms. The summed E-state index contributed by atoms with van der Waals surface area (Å²) in [5.41, 5.74) is 6.52. The van der Waals surface area contributed by atoms with Crippen LogP contribution < -0.4 is 5.73 Å². The van der Waals surface area contributed by atoms with Gasteiger partial charge in [-0.05, 0) is 52.9 Å². The Hall–Kier alpha value is -0.580. The topological polar surface area (TPSA) is 46.3 Å². The van der Waals surface area contributed by atoms with Gasteiger partial charge in [0.15, 0.2) is 0 Å². The number of hydrogen-bond acceptors (Lipinski definition) is 2. The molecular weight excluding hydrogens is 340 g/mol.